The number of rotatable bonds is 1. The quantitative estimate of drug-likeness (QED) is 0.750. The van der Waals surface area contributed by atoms with Crippen molar-refractivity contribution in [1.82, 2.24) is 4.98 Å². The topological polar surface area (TPSA) is 38.9 Å². The first-order chi connectivity index (χ1) is 3.93. The summed E-state index contributed by atoms with van der Waals surface area (Å²) in [5.41, 5.74) is 6.22. The number of hydrogen-bond acceptors (Lipinski definition) is 2. The number of nitrogens with zero attached hydrogens (tertiary/aromatic N) is 1. The van der Waals surface area contributed by atoms with E-state index < -0.39 is 0 Å². The fourth-order valence-electron chi connectivity index (χ4n) is 0.519. The first-order valence-electron chi connectivity index (χ1n) is 2.53. The Bertz CT molecular complexity index is 152. The molecule has 9 heavy (non-hydrogen) atoms. The predicted molar refractivity (Wildman–Crippen MR) is 37.9 cm³/mol. The Morgan fingerprint density at radius 2 is 2.22 bits per heavy atom. The van der Waals surface area contributed by atoms with Crippen LogP contribution in [0.1, 0.15) is 5.69 Å². The van der Waals surface area contributed by atoms with E-state index in [-0.39, 0.29) is 27.3 Å². The van der Waals surface area contributed by atoms with Gasteiger partial charge in [-0.25, -0.2) is 0 Å². The molecule has 46 valence electrons. The molecule has 1 aromatic rings. The van der Waals surface area contributed by atoms with Crippen LogP contribution in [0.2, 0.25) is 0 Å². The number of hydrogen-bond donors (Lipinski definition) is 1. The molecule has 0 aliphatic heterocycles. The summed E-state index contributed by atoms with van der Waals surface area (Å²) in [6.07, 6.45) is 1.74. The molecule has 2 N–H and O–H groups in total. The van der Waals surface area contributed by atoms with Crippen LogP contribution in [0.25, 0.3) is 0 Å². The third-order valence-corrected chi connectivity index (χ3v) is 0.935. The molecule has 0 atom stereocenters. The zero-order valence-corrected chi connectivity index (χ0v) is 8.93. The average molecular weight is 315 g/mol. The zero-order chi connectivity index (χ0) is 5.82. The van der Waals surface area contributed by atoms with Crippen molar-refractivity contribution >= 4 is 27.3 Å². The SMILES string of the molecule is NCc1ccccn1.[Pb]. The second-order valence-electron chi connectivity index (χ2n) is 1.53. The maximum atomic E-state index is 5.29. The van der Waals surface area contributed by atoms with E-state index in [1.165, 1.54) is 0 Å². The van der Waals surface area contributed by atoms with Gasteiger partial charge >= 0.3 is 0 Å². The van der Waals surface area contributed by atoms with E-state index in [0.717, 1.165) is 5.69 Å². The second kappa shape index (κ2) is 4.87. The predicted octanol–water partition coefficient (Wildman–Crippen LogP) is 0.159. The van der Waals surface area contributed by atoms with Gasteiger partial charge in [0, 0.05) is 40.0 Å². The summed E-state index contributed by atoms with van der Waals surface area (Å²) in [6, 6.07) is 5.70. The largest absolute Gasteiger partial charge is 0.325 e. The van der Waals surface area contributed by atoms with Crippen LogP contribution in [0, 0.1) is 0 Å². The smallest absolute Gasteiger partial charge is 0.0539 e. The van der Waals surface area contributed by atoms with Crippen molar-refractivity contribution in [3.05, 3.63) is 30.1 Å². The molecular formula is C6H8N2Pb. The minimum atomic E-state index is 0. The maximum Gasteiger partial charge on any atom is 0.0539 e. The van der Waals surface area contributed by atoms with Crippen LogP contribution in [0.15, 0.2) is 24.4 Å². The molecule has 0 spiro atoms. The van der Waals surface area contributed by atoms with Crippen molar-refractivity contribution in [2.24, 2.45) is 5.73 Å². The summed E-state index contributed by atoms with van der Waals surface area (Å²) in [7, 11) is 0. The van der Waals surface area contributed by atoms with Crippen LogP contribution in [0.5, 0.6) is 0 Å². The Labute approximate surface area is 74.6 Å². The van der Waals surface area contributed by atoms with Crippen LogP contribution in [0.3, 0.4) is 0 Å². The summed E-state index contributed by atoms with van der Waals surface area (Å²) in [6.45, 7) is 0.529. The van der Waals surface area contributed by atoms with Gasteiger partial charge < -0.3 is 5.73 Å². The second-order valence-corrected chi connectivity index (χ2v) is 1.53. The van der Waals surface area contributed by atoms with Crippen LogP contribution < -0.4 is 5.73 Å². The van der Waals surface area contributed by atoms with E-state index >= 15 is 0 Å². The first-order valence-corrected chi connectivity index (χ1v) is 2.53. The summed E-state index contributed by atoms with van der Waals surface area (Å²) >= 11 is 0. The molecule has 0 aromatic carbocycles. The minimum Gasteiger partial charge on any atom is -0.325 e. The molecule has 1 heterocycles. The molecule has 4 radical (unpaired) electrons. The fourth-order valence-corrected chi connectivity index (χ4v) is 0.519. The first kappa shape index (κ1) is 9.03. The minimum absolute atomic E-state index is 0. The van der Waals surface area contributed by atoms with Gasteiger partial charge in [-0.05, 0) is 12.1 Å². The van der Waals surface area contributed by atoms with Crippen LogP contribution in [-0.4, -0.2) is 32.3 Å². The van der Waals surface area contributed by atoms with Gasteiger partial charge in [0.15, 0.2) is 0 Å². The Balaban J connectivity index is 0.000000640. The number of aromatic nitrogens is 1. The molecule has 0 bridgehead atoms. The molecule has 1 aromatic heterocycles. The van der Waals surface area contributed by atoms with Gasteiger partial charge in [0.25, 0.3) is 0 Å². The molecule has 0 aliphatic rings. The maximum absolute atomic E-state index is 5.29. The van der Waals surface area contributed by atoms with Gasteiger partial charge in [-0.3, -0.25) is 4.98 Å². The molecule has 0 saturated heterocycles. The van der Waals surface area contributed by atoms with Gasteiger partial charge in [0.05, 0.1) is 5.69 Å². The normalized spacial score (nSPS) is 8.11. The van der Waals surface area contributed by atoms with Crippen LogP contribution in [0.4, 0.5) is 0 Å². The van der Waals surface area contributed by atoms with Crippen molar-refractivity contribution in [1.29, 1.82) is 0 Å². The Kier molecular flexibility index (Phi) is 4.89. The molecule has 2 nitrogen and oxygen atoms in total. The zero-order valence-electron chi connectivity index (χ0n) is 5.04. The van der Waals surface area contributed by atoms with Gasteiger partial charge in [-0.1, -0.05) is 6.07 Å². The molecule has 3 heteroatoms. The van der Waals surface area contributed by atoms with Crippen LogP contribution >= 0.6 is 0 Å². The summed E-state index contributed by atoms with van der Waals surface area (Å²) in [5, 5.41) is 0. The summed E-state index contributed by atoms with van der Waals surface area (Å²) in [5.74, 6) is 0. The van der Waals surface area contributed by atoms with Crippen molar-refractivity contribution in [2.75, 3.05) is 0 Å². The number of pyridine rings is 1. The van der Waals surface area contributed by atoms with E-state index in [4.69, 9.17) is 5.73 Å². The van der Waals surface area contributed by atoms with Crippen molar-refractivity contribution in [3.8, 4) is 0 Å². The third kappa shape index (κ3) is 2.90. The van der Waals surface area contributed by atoms with Gasteiger partial charge in [0.1, 0.15) is 0 Å². The molecule has 0 amide bonds. The average Bonchev–Trinajstić information content (AvgIpc) is 1.90. The molecule has 0 aliphatic carbocycles. The van der Waals surface area contributed by atoms with E-state index in [1.807, 2.05) is 18.2 Å². The van der Waals surface area contributed by atoms with E-state index in [0.29, 0.717) is 6.54 Å². The fraction of sp³-hybridized carbons (Fsp3) is 0.167. The number of nitrogens with two attached hydrogens (primary N) is 1. The Morgan fingerprint density at radius 3 is 2.56 bits per heavy atom. The standard InChI is InChI=1S/C6H8N2.Pb/c7-5-6-3-1-2-4-8-6;/h1-4H,5,7H2;. The van der Waals surface area contributed by atoms with E-state index in [2.05, 4.69) is 4.98 Å². The van der Waals surface area contributed by atoms with Gasteiger partial charge in [-0.15, -0.1) is 0 Å². The molecule has 1 rings (SSSR count). The van der Waals surface area contributed by atoms with Gasteiger partial charge in [-0.2, -0.15) is 0 Å². The monoisotopic (exact) mass is 316 g/mol. The summed E-state index contributed by atoms with van der Waals surface area (Å²) < 4.78 is 0. The van der Waals surface area contributed by atoms with Crippen molar-refractivity contribution in [3.63, 3.8) is 0 Å². The third-order valence-electron chi connectivity index (χ3n) is 0.935. The molecular weight excluding hydrogens is 307 g/mol. The summed E-state index contributed by atoms with van der Waals surface area (Å²) in [4.78, 5) is 3.97. The Morgan fingerprint density at radius 1 is 1.44 bits per heavy atom. The van der Waals surface area contributed by atoms with E-state index in [9.17, 15) is 0 Å². The Hall–Kier alpha value is 0.0321. The molecule has 0 unspecified atom stereocenters. The van der Waals surface area contributed by atoms with Crippen LogP contribution in [-0.2, 0) is 6.54 Å². The van der Waals surface area contributed by atoms with Crippen molar-refractivity contribution < 1.29 is 0 Å². The van der Waals surface area contributed by atoms with Gasteiger partial charge in [0.2, 0.25) is 0 Å². The van der Waals surface area contributed by atoms with E-state index in [1.54, 1.807) is 6.20 Å². The molecule has 0 fully saturated rings. The molecule has 0 saturated carbocycles. The van der Waals surface area contributed by atoms with Crippen molar-refractivity contribution in [2.45, 2.75) is 6.54 Å².